The fourth-order valence-electron chi connectivity index (χ4n) is 4.02. The fraction of sp³-hybridized carbons (Fsp3) is 0.423. The Balaban J connectivity index is 1.26. The second kappa shape index (κ2) is 12.1. The van der Waals surface area contributed by atoms with Gasteiger partial charge in [-0.15, -0.1) is 0 Å². The number of carbonyl (C=O) groups is 2. The van der Waals surface area contributed by atoms with Crippen LogP contribution in [0.2, 0.25) is 0 Å². The minimum atomic E-state index is -0.196. The van der Waals surface area contributed by atoms with Crippen LogP contribution in [0.1, 0.15) is 41.1 Å². The second-order valence-corrected chi connectivity index (χ2v) is 9.27. The lowest BCUT2D eigenvalue weighted by atomic mass is 10.2. The largest absolute Gasteiger partial charge is 0.382 e. The highest BCUT2D eigenvalue weighted by molar-refractivity contribution is 5.96. The van der Waals surface area contributed by atoms with Crippen molar-refractivity contribution in [2.24, 2.45) is 5.92 Å². The summed E-state index contributed by atoms with van der Waals surface area (Å²) in [5.74, 6) is 1.13. The van der Waals surface area contributed by atoms with Crippen molar-refractivity contribution in [3.63, 3.8) is 0 Å². The first-order valence-electron chi connectivity index (χ1n) is 12.4. The van der Waals surface area contributed by atoms with Gasteiger partial charge in [0.25, 0.3) is 11.8 Å². The Morgan fingerprint density at radius 1 is 1.06 bits per heavy atom. The molecule has 1 aliphatic rings. The van der Waals surface area contributed by atoms with Crippen molar-refractivity contribution in [1.29, 1.82) is 0 Å². The van der Waals surface area contributed by atoms with E-state index in [1.165, 1.54) is 6.20 Å². The zero-order valence-electron chi connectivity index (χ0n) is 20.9. The quantitative estimate of drug-likeness (QED) is 0.421. The number of carbonyl (C=O) groups excluding carboxylic acids is 2. The van der Waals surface area contributed by atoms with E-state index in [1.807, 2.05) is 22.9 Å². The number of piperazine rings is 1. The average Bonchev–Trinajstić information content (AvgIpc) is 3.43. The molecule has 0 bridgehead atoms. The van der Waals surface area contributed by atoms with Gasteiger partial charge < -0.3 is 25.0 Å². The first-order chi connectivity index (χ1) is 17.5. The number of amides is 2. The first kappa shape index (κ1) is 25.2. The molecular formula is C26H34N8O2. The van der Waals surface area contributed by atoms with Crippen LogP contribution in [0.15, 0.2) is 55.4 Å². The third-order valence-corrected chi connectivity index (χ3v) is 6.04. The molecule has 0 unspecified atom stereocenters. The number of pyridine rings is 2. The molecule has 2 amide bonds. The van der Waals surface area contributed by atoms with Crippen LogP contribution in [0.25, 0.3) is 0 Å². The molecule has 0 radical (unpaired) electrons. The molecule has 3 aromatic rings. The fourth-order valence-corrected chi connectivity index (χ4v) is 4.02. The lowest BCUT2D eigenvalue weighted by Crippen LogP contribution is -2.49. The highest BCUT2D eigenvalue weighted by Crippen LogP contribution is 2.24. The van der Waals surface area contributed by atoms with Crippen molar-refractivity contribution in [2.75, 3.05) is 49.5 Å². The van der Waals surface area contributed by atoms with Crippen LogP contribution in [-0.2, 0) is 6.54 Å². The molecule has 0 atom stereocenters. The van der Waals surface area contributed by atoms with E-state index in [-0.39, 0.29) is 11.8 Å². The Morgan fingerprint density at radius 2 is 1.89 bits per heavy atom. The predicted molar refractivity (Wildman–Crippen MR) is 139 cm³/mol. The SMILES string of the molecule is CC(C)CNc1cccnc1N1CCN(C(=O)c2ccc(C(=O)NCCCn3ccnc3)cn2)CC1. The molecule has 3 aromatic heterocycles. The molecule has 10 nitrogen and oxygen atoms in total. The topological polar surface area (TPSA) is 108 Å². The summed E-state index contributed by atoms with van der Waals surface area (Å²) in [7, 11) is 0. The molecule has 10 heteroatoms. The standard InChI is InChI=1S/C26H34N8O2/c1-20(2)17-30-22-5-3-8-28-24(22)33-13-15-34(16-14-33)26(36)23-7-6-21(18-31-23)25(35)29-9-4-11-32-12-10-27-19-32/h3,5-8,10,12,18-20,30H,4,9,11,13-17H2,1-2H3,(H,29,35). The van der Waals surface area contributed by atoms with Crippen LogP contribution in [0.3, 0.4) is 0 Å². The van der Waals surface area contributed by atoms with E-state index < -0.39 is 0 Å². The molecule has 1 aliphatic heterocycles. The summed E-state index contributed by atoms with van der Waals surface area (Å²) in [6, 6.07) is 7.26. The molecule has 190 valence electrons. The van der Waals surface area contributed by atoms with Crippen LogP contribution >= 0.6 is 0 Å². The summed E-state index contributed by atoms with van der Waals surface area (Å²) < 4.78 is 1.97. The highest BCUT2D eigenvalue weighted by atomic mass is 16.2. The number of rotatable bonds is 10. The Bertz CT molecular complexity index is 1120. The smallest absolute Gasteiger partial charge is 0.272 e. The summed E-state index contributed by atoms with van der Waals surface area (Å²) in [5.41, 5.74) is 1.80. The molecule has 4 heterocycles. The predicted octanol–water partition coefficient (Wildman–Crippen LogP) is 2.52. The van der Waals surface area contributed by atoms with Crippen molar-refractivity contribution in [3.05, 3.63) is 66.6 Å². The number of anilines is 2. The van der Waals surface area contributed by atoms with E-state index in [9.17, 15) is 9.59 Å². The van der Waals surface area contributed by atoms with E-state index in [0.29, 0.717) is 49.9 Å². The number of aromatic nitrogens is 4. The van der Waals surface area contributed by atoms with Gasteiger partial charge in [0, 0.05) is 70.6 Å². The Hall–Kier alpha value is -3.95. The third kappa shape index (κ3) is 6.59. The molecule has 1 saturated heterocycles. The van der Waals surface area contributed by atoms with Crippen LogP contribution in [-0.4, -0.2) is 75.5 Å². The van der Waals surface area contributed by atoms with Crippen molar-refractivity contribution in [3.8, 4) is 0 Å². The normalized spacial score (nSPS) is 13.6. The van der Waals surface area contributed by atoms with E-state index in [4.69, 9.17) is 0 Å². The van der Waals surface area contributed by atoms with Crippen LogP contribution in [0.4, 0.5) is 11.5 Å². The number of aryl methyl sites for hydroxylation is 1. The van der Waals surface area contributed by atoms with Gasteiger partial charge in [0.15, 0.2) is 5.82 Å². The zero-order valence-corrected chi connectivity index (χ0v) is 20.9. The number of hydrogen-bond donors (Lipinski definition) is 2. The summed E-state index contributed by atoms with van der Waals surface area (Å²) in [6.45, 7) is 9.11. The van der Waals surface area contributed by atoms with Gasteiger partial charge in [0.1, 0.15) is 5.69 Å². The van der Waals surface area contributed by atoms with Gasteiger partial charge in [-0.2, -0.15) is 0 Å². The van der Waals surface area contributed by atoms with Gasteiger partial charge >= 0.3 is 0 Å². The van der Waals surface area contributed by atoms with Gasteiger partial charge in [-0.3, -0.25) is 14.6 Å². The summed E-state index contributed by atoms with van der Waals surface area (Å²) >= 11 is 0. The van der Waals surface area contributed by atoms with E-state index in [0.717, 1.165) is 31.0 Å². The monoisotopic (exact) mass is 490 g/mol. The highest BCUT2D eigenvalue weighted by Gasteiger charge is 2.25. The van der Waals surface area contributed by atoms with Gasteiger partial charge in [-0.05, 0) is 36.6 Å². The second-order valence-electron chi connectivity index (χ2n) is 9.27. The number of nitrogens with zero attached hydrogens (tertiary/aromatic N) is 6. The number of hydrogen-bond acceptors (Lipinski definition) is 7. The molecule has 4 rings (SSSR count). The molecule has 0 aromatic carbocycles. The Kier molecular flexibility index (Phi) is 8.48. The lowest BCUT2D eigenvalue weighted by molar-refractivity contribution is 0.0740. The van der Waals surface area contributed by atoms with E-state index in [1.54, 1.807) is 35.8 Å². The van der Waals surface area contributed by atoms with Gasteiger partial charge in [0.2, 0.25) is 0 Å². The number of imidazole rings is 1. The van der Waals surface area contributed by atoms with Gasteiger partial charge in [-0.1, -0.05) is 13.8 Å². The van der Waals surface area contributed by atoms with Crippen molar-refractivity contribution in [1.82, 2.24) is 29.7 Å². The van der Waals surface area contributed by atoms with Crippen molar-refractivity contribution < 1.29 is 9.59 Å². The van der Waals surface area contributed by atoms with Crippen LogP contribution < -0.4 is 15.5 Å². The third-order valence-electron chi connectivity index (χ3n) is 6.04. The van der Waals surface area contributed by atoms with Crippen LogP contribution in [0.5, 0.6) is 0 Å². The van der Waals surface area contributed by atoms with Crippen LogP contribution in [0, 0.1) is 5.92 Å². The minimum Gasteiger partial charge on any atom is -0.382 e. The Morgan fingerprint density at radius 3 is 2.58 bits per heavy atom. The van der Waals surface area contributed by atoms with E-state index >= 15 is 0 Å². The molecule has 0 aliphatic carbocycles. The molecule has 2 N–H and O–H groups in total. The maximum Gasteiger partial charge on any atom is 0.272 e. The van der Waals surface area contributed by atoms with Crippen molar-refractivity contribution >= 4 is 23.3 Å². The molecule has 36 heavy (non-hydrogen) atoms. The van der Waals surface area contributed by atoms with E-state index in [2.05, 4.69) is 44.3 Å². The molecule has 0 spiro atoms. The summed E-state index contributed by atoms with van der Waals surface area (Å²) in [4.78, 5) is 42.3. The Labute approximate surface area is 211 Å². The molecule has 1 fully saturated rings. The zero-order chi connectivity index (χ0) is 25.3. The maximum absolute atomic E-state index is 13.0. The molecule has 0 saturated carbocycles. The first-order valence-corrected chi connectivity index (χ1v) is 12.4. The maximum atomic E-state index is 13.0. The molecular weight excluding hydrogens is 456 g/mol. The average molecular weight is 491 g/mol. The minimum absolute atomic E-state index is 0.124. The number of nitrogens with one attached hydrogen (secondary N) is 2. The van der Waals surface area contributed by atoms with Gasteiger partial charge in [-0.25, -0.2) is 9.97 Å². The summed E-state index contributed by atoms with van der Waals surface area (Å²) in [5, 5.41) is 6.36. The van der Waals surface area contributed by atoms with Crippen molar-refractivity contribution in [2.45, 2.75) is 26.8 Å². The van der Waals surface area contributed by atoms with Gasteiger partial charge in [0.05, 0.1) is 17.6 Å². The summed E-state index contributed by atoms with van der Waals surface area (Å²) in [6.07, 6.45) is 9.44. The lowest BCUT2D eigenvalue weighted by Gasteiger charge is -2.36.